The van der Waals surface area contributed by atoms with E-state index in [1.54, 1.807) is 0 Å². The fourth-order valence-corrected chi connectivity index (χ4v) is 8.65. The average Bonchev–Trinajstić information content (AvgIpc) is 2.85. The topological polar surface area (TPSA) is 43.2 Å². The molecule has 228 valence electrons. The number of fused-ring (bicyclic) bond motifs is 3. The van der Waals surface area contributed by atoms with Gasteiger partial charge in [0.2, 0.25) is 0 Å². The van der Waals surface area contributed by atoms with Crippen molar-refractivity contribution in [3.8, 4) is 11.5 Å². The van der Waals surface area contributed by atoms with Crippen molar-refractivity contribution in [2.45, 2.75) is 143 Å². The predicted molar refractivity (Wildman–Crippen MR) is 182 cm³/mol. The van der Waals surface area contributed by atoms with Crippen LogP contribution in [0.15, 0.2) is 34.3 Å². The summed E-state index contributed by atoms with van der Waals surface area (Å²) < 4.78 is 13.6. The summed E-state index contributed by atoms with van der Waals surface area (Å²) in [6, 6.07) is 9.34. The quantitative estimate of drug-likeness (QED) is 0.267. The monoisotopic (exact) mass is 648 g/mol. The Morgan fingerprint density at radius 2 is 0.952 bits per heavy atom. The minimum absolute atomic E-state index is 0.0225. The molecule has 4 rings (SSSR count). The molecule has 1 fully saturated rings. The molecule has 0 saturated heterocycles. The zero-order valence-electron chi connectivity index (χ0n) is 28.1. The molecule has 1 unspecified atom stereocenters. The molecule has 2 aromatic rings. The maximum atomic E-state index is 7.19. The van der Waals surface area contributed by atoms with E-state index in [1.165, 1.54) is 24.0 Å². The standard InChI is InChI=1S/C36H54N2O2.ClH.Ga/c1-33(2,3)25-17-23(31(39)27(19-25)35(7,8)9)21-37-29-15-13-14-16-30(29)38-22-24-18-26(34(4,5)6)20-28(32(24)40)36(10,11)12;;/h17-22,29-30,39-40H,13-16H2,1-12H3;1H;/q;;+3/p-3/t29-,30?;;/m1../s1. The van der Waals surface area contributed by atoms with Gasteiger partial charge in [-0.1, -0.05) is 0 Å². The Bertz CT molecular complexity index is 1250. The van der Waals surface area contributed by atoms with Crippen LogP contribution in [-0.4, -0.2) is 40.5 Å². The maximum absolute atomic E-state index is 7.19. The van der Waals surface area contributed by atoms with Crippen LogP contribution in [0.25, 0.3) is 0 Å². The normalized spacial score (nSPS) is 20.3. The number of benzene rings is 2. The van der Waals surface area contributed by atoms with Crippen molar-refractivity contribution in [2.24, 2.45) is 9.98 Å². The molecule has 0 aromatic heterocycles. The Morgan fingerprint density at radius 3 is 1.26 bits per heavy atom. The summed E-state index contributed by atoms with van der Waals surface area (Å²) >= 11 is -3.33. The van der Waals surface area contributed by atoms with Crippen molar-refractivity contribution in [1.29, 1.82) is 0 Å². The Labute approximate surface area is 265 Å². The van der Waals surface area contributed by atoms with Crippen molar-refractivity contribution in [1.82, 2.24) is 0 Å². The molecule has 6 heteroatoms. The molecule has 1 saturated carbocycles. The zero-order chi connectivity index (χ0) is 31.3. The van der Waals surface area contributed by atoms with Crippen LogP contribution >= 0.6 is 9.64 Å². The van der Waals surface area contributed by atoms with Crippen LogP contribution < -0.4 is 7.06 Å². The second kappa shape index (κ2) is 12.0. The van der Waals surface area contributed by atoms with Gasteiger partial charge in [0.15, 0.2) is 0 Å². The minimum atomic E-state index is -3.33. The van der Waals surface area contributed by atoms with Crippen molar-refractivity contribution in [3.05, 3.63) is 57.6 Å². The van der Waals surface area contributed by atoms with Crippen LogP contribution in [0.1, 0.15) is 142 Å². The second-order valence-corrected chi connectivity index (χ2v) is 20.4. The van der Waals surface area contributed by atoms with E-state index >= 15 is 0 Å². The molecule has 2 aromatic carbocycles. The van der Waals surface area contributed by atoms with Gasteiger partial charge in [0, 0.05) is 0 Å². The number of hydrogen-bond donors (Lipinski definition) is 0. The Morgan fingerprint density at radius 1 is 0.595 bits per heavy atom. The van der Waals surface area contributed by atoms with Gasteiger partial charge in [-0.3, -0.25) is 0 Å². The van der Waals surface area contributed by atoms with Crippen LogP contribution in [0, 0.1) is 0 Å². The van der Waals surface area contributed by atoms with E-state index in [2.05, 4.69) is 107 Å². The number of hydrogen-bond acceptors (Lipinski definition) is 4. The van der Waals surface area contributed by atoms with Crippen molar-refractivity contribution < 1.29 is 7.06 Å². The molecule has 0 amide bonds. The van der Waals surface area contributed by atoms with Crippen LogP contribution in [0.3, 0.4) is 0 Å². The third-order valence-corrected chi connectivity index (χ3v) is 11.2. The van der Waals surface area contributed by atoms with Gasteiger partial charge < -0.3 is 0 Å². The predicted octanol–water partition coefficient (Wildman–Crippen LogP) is 9.72. The number of rotatable bonds is 0. The van der Waals surface area contributed by atoms with Gasteiger partial charge in [-0.25, -0.2) is 0 Å². The van der Waals surface area contributed by atoms with E-state index in [0.29, 0.717) is 0 Å². The average molecular weight is 650 g/mol. The van der Waals surface area contributed by atoms with E-state index in [4.69, 9.17) is 26.7 Å². The van der Waals surface area contributed by atoms with Crippen molar-refractivity contribution in [2.75, 3.05) is 0 Å². The van der Waals surface area contributed by atoms with E-state index in [1.807, 2.05) is 12.4 Å². The number of halogens is 1. The number of nitrogens with zero attached hydrogens (tertiary/aromatic N) is 2. The first-order valence-corrected chi connectivity index (χ1v) is 20.8. The van der Waals surface area contributed by atoms with E-state index < -0.39 is 15.9 Å². The van der Waals surface area contributed by atoms with Crippen LogP contribution in [0.5, 0.6) is 11.5 Å². The Hall–Kier alpha value is -1.69. The van der Waals surface area contributed by atoms with E-state index in [-0.39, 0.29) is 33.7 Å². The molecule has 2 atom stereocenters. The summed E-state index contributed by atoms with van der Waals surface area (Å²) in [5, 5.41) is 0. The molecule has 2 aliphatic rings. The van der Waals surface area contributed by atoms with E-state index in [9.17, 15) is 0 Å². The van der Waals surface area contributed by atoms with Crippen LogP contribution in [0.4, 0.5) is 0 Å². The summed E-state index contributed by atoms with van der Waals surface area (Å²) in [5.41, 5.74) is 6.42. The van der Waals surface area contributed by atoms with Gasteiger partial charge in [0.05, 0.1) is 0 Å². The zero-order valence-corrected chi connectivity index (χ0v) is 31.3. The third kappa shape index (κ3) is 7.68. The molecule has 42 heavy (non-hydrogen) atoms. The molecule has 0 bridgehead atoms. The molecule has 4 nitrogen and oxygen atoms in total. The second-order valence-electron chi connectivity index (χ2n) is 16.4. The van der Waals surface area contributed by atoms with Crippen molar-refractivity contribution in [3.63, 3.8) is 0 Å². The van der Waals surface area contributed by atoms with E-state index in [0.717, 1.165) is 46.6 Å². The van der Waals surface area contributed by atoms with Gasteiger partial charge in [-0.15, -0.1) is 0 Å². The molecule has 1 aliphatic heterocycles. The number of aliphatic imine (C=N–C) groups is 2. The van der Waals surface area contributed by atoms with Gasteiger partial charge in [0.25, 0.3) is 0 Å². The molecule has 0 spiro atoms. The van der Waals surface area contributed by atoms with Gasteiger partial charge in [0.1, 0.15) is 0 Å². The van der Waals surface area contributed by atoms with Crippen LogP contribution in [0.2, 0.25) is 0 Å². The SMILES string of the molecule is CC(C)(C)c1cc2c(c(C(C)(C)C)c1)[O][Ga]([Cl])[O]c1c(cc(C(C)(C)C)cc1C(C)(C)C)C=N[C@@H]1CCCCC1N=C2. The van der Waals surface area contributed by atoms with Gasteiger partial charge >= 0.3 is 267 Å². The molecule has 0 N–H and O–H groups in total. The van der Waals surface area contributed by atoms with Crippen molar-refractivity contribution >= 4 is 38.0 Å². The summed E-state index contributed by atoms with van der Waals surface area (Å²) in [4.78, 5) is 10.4. The first-order chi connectivity index (χ1) is 19.2. The fourth-order valence-electron chi connectivity index (χ4n) is 5.74. The summed E-state index contributed by atoms with van der Waals surface area (Å²) in [6.07, 6.45) is 8.49. The summed E-state index contributed by atoms with van der Waals surface area (Å²) in [7, 11) is 7.19. The molecule has 0 radical (unpaired) electrons. The molecule has 1 heterocycles. The Balaban J connectivity index is 1.99. The van der Waals surface area contributed by atoms with Crippen LogP contribution in [-0.2, 0) is 21.7 Å². The molecule has 1 aliphatic carbocycles. The first-order valence-electron chi connectivity index (χ1n) is 15.7. The summed E-state index contributed by atoms with van der Waals surface area (Å²) in [5.74, 6) is 1.63. The van der Waals surface area contributed by atoms with Gasteiger partial charge in [-0.2, -0.15) is 0 Å². The Kier molecular flexibility index (Phi) is 9.49. The molecular weight excluding hydrogens is 598 g/mol. The van der Waals surface area contributed by atoms with Gasteiger partial charge in [-0.05, 0) is 0 Å². The summed E-state index contributed by atoms with van der Waals surface area (Å²) in [6.45, 7) is 27.0. The molecular formula is C36H52ClGaN2O2. The first kappa shape index (κ1) is 33.2. The third-order valence-electron chi connectivity index (χ3n) is 8.51. The fraction of sp³-hybridized carbons (Fsp3) is 0.611.